The third kappa shape index (κ3) is 5.13. The molecule has 1 aliphatic rings. The first kappa shape index (κ1) is 17.6. The molecule has 3 atom stereocenters. The number of aliphatic carboxylic acids is 1. The third-order valence-corrected chi connectivity index (χ3v) is 4.44. The highest BCUT2D eigenvalue weighted by molar-refractivity contribution is 6.32. The molecule has 2 N–H and O–H groups in total. The second-order valence-electron chi connectivity index (χ2n) is 6.00. The Morgan fingerprint density at radius 2 is 2.04 bits per heavy atom. The first-order valence-electron chi connectivity index (χ1n) is 7.89. The predicted molar refractivity (Wildman–Crippen MR) is 87.6 cm³/mol. The van der Waals surface area contributed by atoms with Crippen molar-refractivity contribution in [2.24, 2.45) is 11.8 Å². The maximum Gasteiger partial charge on any atom is 0.306 e. The molecule has 0 aliphatic heterocycles. The largest absolute Gasteiger partial charge is 0.487 e. The number of benzene rings is 1. The molecule has 0 radical (unpaired) electrons. The van der Waals surface area contributed by atoms with Gasteiger partial charge in [-0.25, -0.2) is 0 Å². The zero-order valence-electron chi connectivity index (χ0n) is 13.1. The van der Waals surface area contributed by atoms with E-state index < -0.39 is 11.9 Å². The number of hydrogen-bond donors (Lipinski definition) is 2. The van der Waals surface area contributed by atoms with Gasteiger partial charge in [-0.1, -0.05) is 30.2 Å². The van der Waals surface area contributed by atoms with Crippen LogP contribution in [0.5, 0.6) is 5.75 Å². The molecule has 1 saturated carbocycles. The van der Waals surface area contributed by atoms with E-state index in [-0.39, 0.29) is 17.9 Å². The molecule has 1 aromatic carbocycles. The number of carbonyl (C=O) groups is 2. The number of rotatable bonds is 6. The highest BCUT2D eigenvalue weighted by Gasteiger charge is 2.31. The van der Waals surface area contributed by atoms with Crippen LogP contribution in [0.2, 0.25) is 5.02 Å². The van der Waals surface area contributed by atoms with E-state index in [1.165, 1.54) is 0 Å². The van der Waals surface area contributed by atoms with Crippen molar-refractivity contribution in [3.8, 4) is 5.75 Å². The Hall–Kier alpha value is -1.75. The summed E-state index contributed by atoms with van der Waals surface area (Å²) in [6, 6.07) is 7.18. The van der Waals surface area contributed by atoms with E-state index in [2.05, 4.69) is 5.32 Å². The highest BCUT2D eigenvalue weighted by Crippen LogP contribution is 2.29. The van der Waals surface area contributed by atoms with Crippen LogP contribution in [0.15, 0.2) is 24.3 Å². The van der Waals surface area contributed by atoms with Gasteiger partial charge in [0.05, 0.1) is 17.5 Å². The lowest BCUT2D eigenvalue weighted by Crippen LogP contribution is -2.39. The number of para-hydroxylation sites is 1. The predicted octanol–water partition coefficient (Wildman–Crippen LogP) is 3.11. The average molecular weight is 340 g/mol. The Balaban J connectivity index is 1.79. The quantitative estimate of drug-likeness (QED) is 0.835. The summed E-state index contributed by atoms with van der Waals surface area (Å²) >= 11 is 6.03. The van der Waals surface area contributed by atoms with Crippen molar-refractivity contribution in [1.29, 1.82) is 0 Å². The van der Waals surface area contributed by atoms with E-state index >= 15 is 0 Å². The van der Waals surface area contributed by atoms with Gasteiger partial charge in [0.15, 0.2) is 0 Å². The van der Waals surface area contributed by atoms with Gasteiger partial charge in [0.2, 0.25) is 5.91 Å². The van der Waals surface area contributed by atoms with Gasteiger partial charge in [0.1, 0.15) is 11.9 Å². The van der Waals surface area contributed by atoms with E-state index in [4.69, 9.17) is 21.4 Å². The summed E-state index contributed by atoms with van der Waals surface area (Å²) in [4.78, 5) is 23.3. The Morgan fingerprint density at radius 1 is 1.35 bits per heavy atom. The fourth-order valence-electron chi connectivity index (χ4n) is 2.84. The summed E-state index contributed by atoms with van der Waals surface area (Å²) in [5, 5.41) is 12.5. The second-order valence-corrected chi connectivity index (χ2v) is 6.41. The number of carbonyl (C=O) groups excluding carboxylic acids is 1. The molecule has 6 heteroatoms. The molecule has 23 heavy (non-hydrogen) atoms. The molecule has 0 spiro atoms. The highest BCUT2D eigenvalue weighted by atomic mass is 35.5. The zero-order valence-corrected chi connectivity index (χ0v) is 13.9. The van der Waals surface area contributed by atoms with Gasteiger partial charge in [0.25, 0.3) is 0 Å². The van der Waals surface area contributed by atoms with Crippen molar-refractivity contribution >= 4 is 23.5 Å². The van der Waals surface area contributed by atoms with Crippen LogP contribution in [0.1, 0.15) is 32.6 Å². The number of carboxylic acid groups (broad SMARTS) is 1. The molecule has 1 unspecified atom stereocenters. The Labute approximate surface area is 141 Å². The topological polar surface area (TPSA) is 75.6 Å². The molecule has 0 bridgehead atoms. The normalized spacial score (nSPS) is 22.2. The lowest BCUT2D eigenvalue weighted by molar-refractivity contribution is -0.144. The fraction of sp³-hybridized carbons (Fsp3) is 0.529. The SMILES string of the molecule is CC(CNC(=O)[C@@H]1CCC[C@H](C(=O)O)C1)Oc1ccccc1Cl. The zero-order chi connectivity index (χ0) is 16.8. The number of halogens is 1. The summed E-state index contributed by atoms with van der Waals surface area (Å²) in [6.07, 6.45) is 2.38. The summed E-state index contributed by atoms with van der Waals surface area (Å²) in [5.41, 5.74) is 0. The molecule has 0 heterocycles. The van der Waals surface area contributed by atoms with Crippen molar-refractivity contribution in [3.63, 3.8) is 0 Å². The van der Waals surface area contributed by atoms with Crippen LogP contribution in [0, 0.1) is 11.8 Å². The molecule has 0 saturated heterocycles. The average Bonchev–Trinajstić information content (AvgIpc) is 2.55. The minimum Gasteiger partial charge on any atom is -0.487 e. The van der Waals surface area contributed by atoms with Gasteiger partial charge >= 0.3 is 5.97 Å². The lowest BCUT2D eigenvalue weighted by atomic mass is 9.81. The Kier molecular flexibility index (Phi) is 6.28. The number of ether oxygens (including phenoxy) is 1. The fourth-order valence-corrected chi connectivity index (χ4v) is 3.02. The summed E-state index contributed by atoms with van der Waals surface area (Å²) < 4.78 is 5.70. The van der Waals surface area contributed by atoms with Crippen LogP contribution < -0.4 is 10.1 Å². The number of hydrogen-bond acceptors (Lipinski definition) is 3. The second kappa shape index (κ2) is 8.20. The molecule has 0 aromatic heterocycles. The minimum absolute atomic E-state index is 0.0921. The molecule has 1 amide bonds. The minimum atomic E-state index is -0.807. The molecule has 126 valence electrons. The van der Waals surface area contributed by atoms with Crippen molar-refractivity contribution in [1.82, 2.24) is 5.32 Å². The van der Waals surface area contributed by atoms with Crippen molar-refractivity contribution in [2.45, 2.75) is 38.7 Å². The van der Waals surface area contributed by atoms with Crippen molar-refractivity contribution in [2.75, 3.05) is 6.54 Å². The van der Waals surface area contributed by atoms with E-state index in [1.807, 2.05) is 19.1 Å². The molecule has 1 aliphatic carbocycles. The van der Waals surface area contributed by atoms with Gasteiger partial charge in [-0.05, 0) is 38.3 Å². The molecule has 1 fully saturated rings. The first-order valence-corrected chi connectivity index (χ1v) is 8.27. The molecule has 2 rings (SSSR count). The van der Waals surface area contributed by atoms with Crippen LogP contribution in [0.3, 0.4) is 0 Å². The van der Waals surface area contributed by atoms with E-state index in [1.54, 1.807) is 12.1 Å². The number of carboxylic acids is 1. The molecular weight excluding hydrogens is 318 g/mol. The van der Waals surface area contributed by atoms with Gasteiger partial charge in [-0.15, -0.1) is 0 Å². The van der Waals surface area contributed by atoms with Crippen LogP contribution in [-0.2, 0) is 9.59 Å². The smallest absolute Gasteiger partial charge is 0.306 e. The van der Waals surface area contributed by atoms with Crippen molar-refractivity contribution < 1.29 is 19.4 Å². The van der Waals surface area contributed by atoms with E-state index in [0.29, 0.717) is 30.2 Å². The van der Waals surface area contributed by atoms with Crippen molar-refractivity contribution in [3.05, 3.63) is 29.3 Å². The Bertz CT molecular complexity index is 563. The molecular formula is C17H22ClNO4. The van der Waals surface area contributed by atoms with Gasteiger partial charge in [0, 0.05) is 5.92 Å². The maximum atomic E-state index is 12.2. The maximum absolute atomic E-state index is 12.2. The molecule has 5 nitrogen and oxygen atoms in total. The van der Waals surface area contributed by atoms with Crippen LogP contribution >= 0.6 is 11.6 Å². The summed E-state index contributed by atoms with van der Waals surface area (Å²) in [5.74, 6) is -0.948. The van der Waals surface area contributed by atoms with Gasteiger partial charge in [-0.2, -0.15) is 0 Å². The monoisotopic (exact) mass is 339 g/mol. The number of amides is 1. The molecule has 1 aromatic rings. The standard InChI is InChI=1S/C17H22ClNO4/c1-11(23-15-8-3-2-7-14(15)18)10-19-16(20)12-5-4-6-13(9-12)17(21)22/h2-3,7-8,11-13H,4-6,9-10H2,1H3,(H,19,20)(H,21,22)/t11?,12-,13+/m1/s1. The summed E-state index contributed by atoms with van der Waals surface area (Å²) in [6.45, 7) is 2.21. The van der Waals surface area contributed by atoms with Gasteiger partial charge in [-0.3, -0.25) is 9.59 Å². The summed E-state index contributed by atoms with van der Waals surface area (Å²) in [7, 11) is 0. The van der Waals surface area contributed by atoms with E-state index in [9.17, 15) is 9.59 Å². The lowest BCUT2D eigenvalue weighted by Gasteiger charge is -2.26. The van der Waals surface area contributed by atoms with Crippen LogP contribution in [0.4, 0.5) is 0 Å². The Morgan fingerprint density at radius 3 is 2.74 bits per heavy atom. The van der Waals surface area contributed by atoms with Gasteiger partial charge < -0.3 is 15.2 Å². The first-order chi connectivity index (χ1) is 11.0. The third-order valence-electron chi connectivity index (χ3n) is 4.12. The van der Waals surface area contributed by atoms with E-state index in [0.717, 1.165) is 12.8 Å². The van der Waals surface area contributed by atoms with Crippen LogP contribution in [-0.4, -0.2) is 29.6 Å². The van der Waals surface area contributed by atoms with Crippen LogP contribution in [0.25, 0.3) is 0 Å². The number of nitrogens with one attached hydrogen (secondary N) is 1.